The van der Waals surface area contributed by atoms with Crippen LogP contribution in [0.2, 0.25) is 0 Å². The molecule has 1 saturated heterocycles. The van der Waals surface area contributed by atoms with Gasteiger partial charge in [0.2, 0.25) is 5.91 Å². The predicted octanol–water partition coefficient (Wildman–Crippen LogP) is 3.12. The molecule has 0 aliphatic carbocycles. The second kappa shape index (κ2) is 9.78. The molecule has 0 radical (unpaired) electrons. The average Bonchev–Trinajstić information content (AvgIpc) is 3.07. The lowest BCUT2D eigenvalue weighted by atomic mass is 10.1. The van der Waals surface area contributed by atoms with Crippen LogP contribution in [0.1, 0.15) is 25.3 Å². The van der Waals surface area contributed by atoms with Gasteiger partial charge in [0.15, 0.2) is 0 Å². The van der Waals surface area contributed by atoms with Gasteiger partial charge in [-0.2, -0.15) is 0 Å². The highest BCUT2D eigenvalue weighted by atomic mass is 16.5. The van der Waals surface area contributed by atoms with Crippen LogP contribution in [-0.2, 0) is 11.2 Å². The van der Waals surface area contributed by atoms with Crippen molar-refractivity contribution < 1.29 is 14.3 Å². The van der Waals surface area contributed by atoms with Gasteiger partial charge in [0.25, 0.3) is 0 Å². The number of aryl methyl sites for hydroxylation is 1. The number of carbonyl (C=O) groups is 2. The maximum Gasteiger partial charge on any atom is 0.315 e. The van der Waals surface area contributed by atoms with Crippen molar-refractivity contribution in [3.63, 3.8) is 0 Å². The summed E-state index contributed by atoms with van der Waals surface area (Å²) in [6, 6.07) is 17.2. The topological polar surface area (TPSA) is 70.7 Å². The highest BCUT2D eigenvalue weighted by molar-refractivity contribution is 5.96. The molecule has 3 amide bonds. The summed E-state index contributed by atoms with van der Waals surface area (Å²) in [5.74, 6) is 0.793. The fourth-order valence-electron chi connectivity index (χ4n) is 3.32. The fraction of sp³-hybridized carbons (Fsp3) is 0.364. The SMILES string of the molecule is CCOc1ccc(N2C[C@H](NC(=O)NCCCc3ccccc3)CC2=O)cc1. The standard InChI is InChI=1S/C22H27N3O3/c1-2-28-20-12-10-19(11-13-20)25-16-18(15-21(25)26)24-22(27)23-14-6-9-17-7-4-3-5-8-17/h3-5,7-8,10-13,18H,2,6,9,14-16H2,1H3,(H2,23,24,27)/t18-/m1/s1. The number of nitrogens with one attached hydrogen (secondary N) is 2. The largest absolute Gasteiger partial charge is 0.494 e. The van der Waals surface area contributed by atoms with Crippen molar-refractivity contribution in [2.45, 2.75) is 32.2 Å². The zero-order chi connectivity index (χ0) is 19.8. The third-order valence-electron chi connectivity index (χ3n) is 4.69. The summed E-state index contributed by atoms with van der Waals surface area (Å²) in [6.45, 7) is 3.61. The van der Waals surface area contributed by atoms with Crippen molar-refractivity contribution in [2.24, 2.45) is 0 Å². The van der Waals surface area contributed by atoms with Crippen molar-refractivity contribution in [1.82, 2.24) is 10.6 Å². The molecular weight excluding hydrogens is 354 g/mol. The van der Waals surface area contributed by atoms with Crippen LogP contribution in [0.15, 0.2) is 54.6 Å². The Balaban J connectivity index is 1.41. The number of benzene rings is 2. The van der Waals surface area contributed by atoms with E-state index in [4.69, 9.17) is 4.74 Å². The number of hydrogen-bond acceptors (Lipinski definition) is 3. The zero-order valence-corrected chi connectivity index (χ0v) is 16.2. The maximum atomic E-state index is 12.3. The van der Waals surface area contributed by atoms with Crippen molar-refractivity contribution in [3.05, 3.63) is 60.2 Å². The van der Waals surface area contributed by atoms with Crippen LogP contribution in [0.5, 0.6) is 5.75 Å². The number of nitrogens with zero attached hydrogens (tertiary/aromatic N) is 1. The summed E-state index contributed by atoms with van der Waals surface area (Å²) < 4.78 is 5.43. The van der Waals surface area contributed by atoms with Gasteiger partial charge in [0.05, 0.1) is 12.6 Å². The first-order chi connectivity index (χ1) is 13.7. The molecule has 0 spiro atoms. The van der Waals surface area contributed by atoms with E-state index in [1.807, 2.05) is 49.4 Å². The quantitative estimate of drug-likeness (QED) is 0.690. The zero-order valence-electron chi connectivity index (χ0n) is 16.2. The van der Waals surface area contributed by atoms with E-state index in [1.54, 1.807) is 4.90 Å². The molecule has 28 heavy (non-hydrogen) atoms. The smallest absolute Gasteiger partial charge is 0.315 e. The molecule has 2 aromatic rings. The van der Waals surface area contributed by atoms with Gasteiger partial charge in [0.1, 0.15) is 5.75 Å². The van der Waals surface area contributed by atoms with Gasteiger partial charge in [-0.05, 0) is 49.6 Å². The Kier molecular flexibility index (Phi) is 6.89. The second-order valence-corrected chi connectivity index (χ2v) is 6.82. The molecule has 148 valence electrons. The molecule has 3 rings (SSSR count). The Hall–Kier alpha value is -3.02. The molecule has 1 aliphatic heterocycles. The van der Waals surface area contributed by atoms with Gasteiger partial charge in [-0.3, -0.25) is 4.79 Å². The summed E-state index contributed by atoms with van der Waals surface area (Å²) in [7, 11) is 0. The molecule has 1 atom stereocenters. The van der Waals surface area contributed by atoms with Crippen LogP contribution in [-0.4, -0.2) is 37.7 Å². The molecular formula is C22H27N3O3. The number of hydrogen-bond donors (Lipinski definition) is 2. The summed E-state index contributed by atoms with van der Waals surface area (Å²) in [4.78, 5) is 26.1. The van der Waals surface area contributed by atoms with E-state index in [9.17, 15) is 9.59 Å². The Morgan fingerprint density at radius 2 is 1.89 bits per heavy atom. The van der Waals surface area contributed by atoms with Gasteiger partial charge in [-0.1, -0.05) is 30.3 Å². The van der Waals surface area contributed by atoms with Gasteiger partial charge in [0, 0.05) is 25.2 Å². The van der Waals surface area contributed by atoms with Crippen molar-refractivity contribution in [1.29, 1.82) is 0 Å². The van der Waals surface area contributed by atoms with E-state index >= 15 is 0 Å². The number of carbonyl (C=O) groups excluding carboxylic acids is 2. The lowest BCUT2D eigenvalue weighted by Crippen LogP contribution is -2.43. The van der Waals surface area contributed by atoms with Crippen LogP contribution in [0, 0.1) is 0 Å². The highest BCUT2D eigenvalue weighted by Crippen LogP contribution is 2.24. The monoisotopic (exact) mass is 381 g/mol. The van der Waals surface area contributed by atoms with E-state index in [2.05, 4.69) is 22.8 Å². The summed E-state index contributed by atoms with van der Waals surface area (Å²) >= 11 is 0. The Morgan fingerprint density at radius 3 is 2.61 bits per heavy atom. The summed E-state index contributed by atoms with van der Waals surface area (Å²) in [5, 5.41) is 5.78. The Morgan fingerprint density at radius 1 is 1.14 bits per heavy atom. The Labute approximate surface area is 165 Å². The highest BCUT2D eigenvalue weighted by Gasteiger charge is 2.31. The second-order valence-electron chi connectivity index (χ2n) is 6.82. The number of rotatable bonds is 8. The van der Waals surface area contributed by atoms with Crippen molar-refractivity contribution in [2.75, 3.05) is 24.6 Å². The molecule has 0 bridgehead atoms. The molecule has 0 unspecified atom stereocenters. The number of urea groups is 1. The van der Waals surface area contributed by atoms with E-state index in [-0.39, 0.29) is 18.0 Å². The normalized spacial score (nSPS) is 16.1. The number of anilines is 1. The van der Waals surface area contributed by atoms with E-state index < -0.39 is 0 Å². The molecule has 0 saturated carbocycles. The van der Waals surface area contributed by atoms with Crippen molar-refractivity contribution in [3.8, 4) is 5.75 Å². The molecule has 2 aromatic carbocycles. The van der Waals surface area contributed by atoms with Gasteiger partial charge in [-0.25, -0.2) is 4.79 Å². The fourth-order valence-corrected chi connectivity index (χ4v) is 3.32. The van der Waals surface area contributed by atoms with E-state index in [0.29, 0.717) is 26.1 Å². The lowest BCUT2D eigenvalue weighted by molar-refractivity contribution is -0.117. The van der Waals surface area contributed by atoms with Crippen LogP contribution in [0.3, 0.4) is 0 Å². The van der Waals surface area contributed by atoms with Gasteiger partial charge >= 0.3 is 6.03 Å². The third-order valence-corrected chi connectivity index (χ3v) is 4.69. The Bertz CT molecular complexity index is 777. The minimum Gasteiger partial charge on any atom is -0.494 e. The first-order valence-corrected chi connectivity index (χ1v) is 9.77. The van der Waals surface area contributed by atoms with E-state index in [1.165, 1.54) is 5.56 Å². The molecule has 1 fully saturated rings. The van der Waals surface area contributed by atoms with E-state index in [0.717, 1.165) is 24.3 Å². The average molecular weight is 381 g/mol. The maximum absolute atomic E-state index is 12.3. The van der Waals surface area contributed by atoms with Crippen LogP contribution < -0.4 is 20.3 Å². The third kappa shape index (κ3) is 5.49. The van der Waals surface area contributed by atoms with Crippen molar-refractivity contribution >= 4 is 17.6 Å². The number of ether oxygens (including phenoxy) is 1. The first-order valence-electron chi connectivity index (χ1n) is 9.77. The van der Waals surface area contributed by atoms with Gasteiger partial charge < -0.3 is 20.3 Å². The molecule has 2 N–H and O–H groups in total. The minimum absolute atomic E-state index is 0.0125. The molecule has 0 aromatic heterocycles. The first kappa shape index (κ1) is 19.7. The minimum atomic E-state index is -0.223. The summed E-state index contributed by atoms with van der Waals surface area (Å²) in [5.41, 5.74) is 2.08. The predicted molar refractivity (Wildman–Crippen MR) is 110 cm³/mol. The molecule has 6 heteroatoms. The lowest BCUT2D eigenvalue weighted by Gasteiger charge is -2.18. The van der Waals surface area contributed by atoms with Crippen LogP contribution >= 0.6 is 0 Å². The molecule has 1 heterocycles. The molecule has 1 aliphatic rings. The number of amides is 3. The summed E-state index contributed by atoms with van der Waals surface area (Å²) in [6.07, 6.45) is 2.11. The molecule has 6 nitrogen and oxygen atoms in total. The van der Waals surface area contributed by atoms with Crippen LogP contribution in [0.25, 0.3) is 0 Å². The van der Waals surface area contributed by atoms with Crippen LogP contribution in [0.4, 0.5) is 10.5 Å². The van der Waals surface area contributed by atoms with Gasteiger partial charge in [-0.15, -0.1) is 0 Å².